The molecule has 13 rings (SSSR count). The number of benzene rings is 8. The molecule has 0 saturated carbocycles. The highest BCUT2D eigenvalue weighted by molar-refractivity contribution is 6.35. The largest absolute Gasteiger partial charge is 0.455 e. The Kier molecular flexibility index (Phi) is 6.87. The first-order chi connectivity index (χ1) is 29.2. The summed E-state index contributed by atoms with van der Waals surface area (Å²) in [5.74, 6) is 1.38. The van der Waals surface area contributed by atoms with Crippen LogP contribution in [0.25, 0.3) is 98.8 Å². The number of fused-ring (bicyclic) bond motifs is 15. The molecule has 2 aliphatic carbocycles. The Hall–Kier alpha value is -7.27. The van der Waals surface area contributed by atoms with E-state index in [4.69, 9.17) is 9.41 Å². The highest BCUT2D eigenvalue weighted by Gasteiger charge is 2.34. The van der Waals surface area contributed by atoms with Crippen LogP contribution in [0.2, 0.25) is 0 Å². The average molecular weight is 757 g/mol. The maximum Gasteiger partial charge on any atom is 0.311 e. The topological polar surface area (TPSA) is 47.0 Å². The summed E-state index contributed by atoms with van der Waals surface area (Å²) in [6, 6.07) is 50.9. The molecule has 2 aromatic heterocycles. The Morgan fingerprint density at radius 2 is 1.37 bits per heavy atom. The predicted octanol–water partition coefficient (Wildman–Crippen LogP) is 12.7. The van der Waals surface area contributed by atoms with Crippen LogP contribution in [0, 0.1) is 5.92 Å². The average Bonchev–Trinajstić information content (AvgIpc) is 3.84. The number of furan rings is 1. The summed E-state index contributed by atoms with van der Waals surface area (Å²) in [6.45, 7) is 2.33. The first-order valence-electron chi connectivity index (χ1n) is 20.7. The molecule has 10 aromatic rings. The number of quaternary nitrogens is 1. The van der Waals surface area contributed by atoms with Crippen LogP contribution in [0.15, 0.2) is 185 Å². The van der Waals surface area contributed by atoms with Gasteiger partial charge in [-0.05, 0) is 74.5 Å². The Bertz CT molecular complexity index is 3640. The molecule has 8 aromatic carbocycles. The van der Waals surface area contributed by atoms with Gasteiger partial charge in [0.25, 0.3) is 0 Å². The molecule has 278 valence electrons. The lowest BCUT2D eigenvalue weighted by atomic mass is 9.86. The summed E-state index contributed by atoms with van der Waals surface area (Å²) in [5, 5.41) is 15.9. The summed E-state index contributed by atoms with van der Waals surface area (Å²) in [6.07, 6.45) is 14.6. The molecule has 0 fully saturated rings. The molecule has 4 heteroatoms. The van der Waals surface area contributed by atoms with Crippen LogP contribution in [0.4, 0.5) is 0 Å². The minimum absolute atomic E-state index is 0.106. The van der Waals surface area contributed by atoms with Crippen LogP contribution in [-0.2, 0) is 6.42 Å². The standard InChI is InChI=1S/C55H37N3O/c1-32-25-28-44-48(29-32)58(55-56-47-23-10-8-20-43(47)52(57-55)35-27-26-33-13-2-3-14-34(33)30-35)53-40-19-7-5-16-37(40)46-31-45(36-15-4-6-18-39(36)50(46)51(44)53)42-22-12-21-41-38-17-9-11-24-49(38)59-54(41)42/h2-28,30-32,47H,29H2,1H3,(H,56,57)/p+1. The van der Waals surface area contributed by atoms with Crippen LogP contribution >= 0.6 is 0 Å². The molecule has 4 nitrogen and oxygen atoms in total. The van der Waals surface area contributed by atoms with E-state index in [9.17, 15) is 0 Å². The van der Waals surface area contributed by atoms with Gasteiger partial charge in [-0.2, -0.15) is 4.99 Å². The zero-order valence-corrected chi connectivity index (χ0v) is 32.5. The predicted molar refractivity (Wildman–Crippen MR) is 247 cm³/mol. The number of hydrogen-bond donors (Lipinski definition) is 1. The van der Waals surface area contributed by atoms with Gasteiger partial charge in [0, 0.05) is 54.9 Å². The molecule has 3 aliphatic rings. The van der Waals surface area contributed by atoms with Gasteiger partial charge in [-0.15, -0.1) is 0 Å². The molecule has 0 bridgehead atoms. The third kappa shape index (κ3) is 4.72. The lowest BCUT2D eigenvalue weighted by molar-refractivity contribution is -0.563. The Morgan fingerprint density at radius 1 is 0.610 bits per heavy atom. The molecular weight excluding hydrogens is 719 g/mol. The van der Waals surface area contributed by atoms with Gasteiger partial charge in [0.15, 0.2) is 0 Å². The summed E-state index contributed by atoms with van der Waals surface area (Å²) < 4.78 is 9.21. The third-order valence-electron chi connectivity index (χ3n) is 13.0. The minimum Gasteiger partial charge on any atom is -0.455 e. The molecule has 0 spiro atoms. The first kappa shape index (κ1) is 32.8. The number of nitrogens with zero attached hydrogens (tertiary/aromatic N) is 2. The number of aliphatic imine (C=N–C) groups is 1. The minimum atomic E-state index is 0.106. The molecule has 2 atom stereocenters. The molecule has 59 heavy (non-hydrogen) atoms. The van der Waals surface area contributed by atoms with E-state index in [-0.39, 0.29) is 6.04 Å². The van der Waals surface area contributed by atoms with Crippen molar-refractivity contribution in [1.29, 1.82) is 0 Å². The summed E-state index contributed by atoms with van der Waals surface area (Å²) in [5.41, 5.74) is 11.4. The van der Waals surface area contributed by atoms with Crippen LogP contribution in [-0.4, -0.2) is 16.6 Å². The molecule has 3 heterocycles. The Morgan fingerprint density at radius 3 is 2.27 bits per heavy atom. The van der Waals surface area contributed by atoms with E-state index >= 15 is 0 Å². The van der Waals surface area contributed by atoms with E-state index in [1.54, 1.807) is 0 Å². The highest BCUT2D eigenvalue weighted by atomic mass is 16.3. The van der Waals surface area contributed by atoms with Gasteiger partial charge in [0.2, 0.25) is 0 Å². The van der Waals surface area contributed by atoms with Gasteiger partial charge in [0.05, 0.1) is 11.2 Å². The van der Waals surface area contributed by atoms with Crippen molar-refractivity contribution in [2.45, 2.75) is 19.4 Å². The smallest absolute Gasteiger partial charge is 0.311 e. The lowest BCUT2D eigenvalue weighted by Gasteiger charge is -2.26. The fraction of sp³-hybridized carbons (Fsp3) is 0.0727. The maximum absolute atomic E-state index is 6.67. The summed E-state index contributed by atoms with van der Waals surface area (Å²) in [4.78, 5) is 5.70. The molecule has 0 amide bonds. The van der Waals surface area contributed by atoms with Crippen LogP contribution in [0.1, 0.15) is 23.7 Å². The van der Waals surface area contributed by atoms with Crippen molar-refractivity contribution in [1.82, 2.24) is 4.57 Å². The zero-order chi connectivity index (χ0) is 38.8. The van der Waals surface area contributed by atoms with Crippen LogP contribution < -0.4 is 5.32 Å². The summed E-state index contributed by atoms with van der Waals surface area (Å²) in [7, 11) is 0. The monoisotopic (exact) mass is 756 g/mol. The van der Waals surface area contributed by atoms with Crippen molar-refractivity contribution < 1.29 is 9.73 Å². The lowest BCUT2D eigenvalue weighted by Crippen LogP contribution is -2.95. The van der Waals surface area contributed by atoms with Crippen LogP contribution in [0.5, 0.6) is 0 Å². The molecule has 0 saturated heterocycles. The second kappa shape index (κ2) is 12.4. The van der Waals surface area contributed by atoms with E-state index < -0.39 is 0 Å². The quantitative estimate of drug-likeness (QED) is 0.175. The van der Waals surface area contributed by atoms with Crippen molar-refractivity contribution >= 4 is 93.7 Å². The Labute approximate surface area is 340 Å². The van der Waals surface area contributed by atoms with Gasteiger partial charge < -0.3 is 4.42 Å². The van der Waals surface area contributed by atoms with Crippen molar-refractivity contribution in [2.75, 3.05) is 0 Å². The van der Waals surface area contributed by atoms with Crippen molar-refractivity contribution in [3.8, 4) is 11.1 Å². The van der Waals surface area contributed by atoms with Gasteiger partial charge in [-0.25, -0.2) is 0 Å². The van der Waals surface area contributed by atoms with Gasteiger partial charge in [0.1, 0.15) is 17.2 Å². The van der Waals surface area contributed by atoms with E-state index in [0.29, 0.717) is 5.92 Å². The van der Waals surface area contributed by atoms with Crippen LogP contribution in [0.3, 0.4) is 0 Å². The van der Waals surface area contributed by atoms with E-state index in [2.05, 4.69) is 187 Å². The van der Waals surface area contributed by atoms with Gasteiger partial charge in [-0.3, -0.25) is 9.88 Å². The summed E-state index contributed by atoms with van der Waals surface area (Å²) >= 11 is 0. The highest BCUT2D eigenvalue weighted by Crippen LogP contribution is 2.48. The number of hydrogen-bond acceptors (Lipinski definition) is 2. The molecule has 2 unspecified atom stereocenters. The Balaban J connectivity index is 1.15. The fourth-order valence-electron chi connectivity index (χ4n) is 10.4. The van der Waals surface area contributed by atoms with Crippen molar-refractivity contribution in [2.24, 2.45) is 10.9 Å². The van der Waals surface area contributed by atoms with E-state index in [1.807, 2.05) is 6.07 Å². The second-order valence-electron chi connectivity index (χ2n) is 16.5. The fourth-order valence-corrected chi connectivity index (χ4v) is 10.4. The maximum atomic E-state index is 6.67. The molecule has 2 N–H and O–H groups in total. The van der Waals surface area contributed by atoms with Crippen molar-refractivity contribution in [3.05, 3.63) is 192 Å². The number of para-hydroxylation sites is 2. The number of aromatic nitrogens is 1. The van der Waals surface area contributed by atoms with E-state index in [0.717, 1.165) is 51.1 Å². The first-order valence-corrected chi connectivity index (χ1v) is 20.7. The number of rotatable bonds is 2. The third-order valence-corrected chi connectivity index (χ3v) is 13.0. The van der Waals surface area contributed by atoms with Crippen molar-refractivity contribution in [3.63, 3.8) is 0 Å². The molecule has 0 radical (unpaired) electrons. The van der Waals surface area contributed by atoms with E-state index in [1.165, 1.54) is 76.4 Å². The van der Waals surface area contributed by atoms with Gasteiger partial charge in [-0.1, -0.05) is 159 Å². The second-order valence-corrected chi connectivity index (χ2v) is 16.5. The SMILES string of the molecule is CC1C=Cc2c(n(C3=NC(c4ccc5ccccc5c4)=C4C=CC=CC4[NH2+]3)c3c4ccccc4c4cc(-c5cccc6c5oc5ccccc56)c5ccccc5c4c23)C1. The van der Waals surface area contributed by atoms with Gasteiger partial charge >= 0.3 is 5.96 Å². The molecular formula is C55H38N3O+. The normalized spacial score (nSPS) is 17.6. The molecule has 1 aliphatic heterocycles. The zero-order valence-electron chi connectivity index (χ0n) is 32.5. The number of nitrogens with two attached hydrogens (primary N) is 1. The number of allylic oxidation sites excluding steroid dienone is 3.